The summed E-state index contributed by atoms with van der Waals surface area (Å²) < 4.78 is 39.6. The standard InChI is InChI=1S/C13H14F3N3O3/c14-13(15,16)12(22,9-4-2-1-3-5-9)8-18-11(21)19-7-6-17-10(19)20/h1-5,22H,6-8H2,(H,17,20)(H,18,21)/t12-/m1/s1. The van der Waals surface area contributed by atoms with Crippen molar-refractivity contribution in [2.45, 2.75) is 11.8 Å². The lowest BCUT2D eigenvalue weighted by Gasteiger charge is -2.31. The average molecular weight is 317 g/mol. The highest BCUT2D eigenvalue weighted by Gasteiger charge is 2.55. The fourth-order valence-corrected chi connectivity index (χ4v) is 2.04. The zero-order valence-corrected chi connectivity index (χ0v) is 11.4. The molecule has 4 amide bonds. The van der Waals surface area contributed by atoms with E-state index in [-0.39, 0.29) is 13.1 Å². The van der Waals surface area contributed by atoms with Crippen molar-refractivity contribution in [1.82, 2.24) is 15.5 Å². The zero-order valence-electron chi connectivity index (χ0n) is 11.4. The Morgan fingerprint density at radius 2 is 1.95 bits per heavy atom. The summed E-state index contributed by atoms with van der Waals surface area (Å²) in [7, 11) is 0. The van der Waals surface area contributed by atoms with Crippen LogP contribution in [0.4, 0.5) is 22.8 Å². The average Bonchev–Trinajstić information content (AvgIpc) is 2.90. The van der Waals surface area contributed by atoms with Crippen LogP contribution in [0.3, 0.4) is 0 Å². The second-order valence-electron chi connectivity index (χ2n) is 4.77. The summed E-state index contributed by atoms with van der Waals surface area (Å²) >= 11 is 0. The minimum atomic E-state index is -4.99. The van der Waals surface area contributed by atoms with E-state index in [1.54, 1.807) is 0 Å². The van der Waals surface area contributed by atoms with E-state index in [9.17, 15) is 27.9 Å². The zero-order chi connectivity index (χ0) is 16.4. The molecule has 1 aromatic rings. The molecule has 2 rings (SSSR count). The topological polar surface area (TPSA) is 81.7 Å². The Labute approximate surface area is 123 Å². The van der Waals surface area contributed by atoms with Crippen LogP contribution in [-0.4, -0.2) is 47.9 Å². The summed E-state index contributed by atoms with van der Waals surface area (Å²) in [6.45, 7) is -0.807. The number of rotatable bonds is 3. The minimum Gasteiger partial charge on any atom is -0.375 e. The summed E-state index contributed by atoms with van der Waals surface area (Å²) in [5.74, 6) is 0. The van der Waals surface area contributed by atoms with Gasteiger partial charge in [0, 0.05) is 13.1 Å². The first-order valence-corrected chi connectivity index (χ1v) is 6.43. The van der Waals surface area contributed by atoms with Crippen molar-refractivity contribution in [3.8, 4) is 0 Å². The third-order valence-electron chi connectivity index (χ3n) is 3.32. The number of nitrogens with zero attached hydrogens (tertiary/aromatic N) is 1. The highest BCUT2D eigenvalue weighted by molar-refractivity contribution is 5.94. The Hall–Kier alpha value is -2.29. The molecule has 9 heteroatoms. The number of benzene rings is 1. The number of hydrogen-bond donors (Lipinski definition) is 3. The van der Waals surface area contributed by atoms with Crippen LogP contribution in [0.15, 0.2) is 30.3 Å². The molecular weight excluding hydrogens is 303 g/mol. The normalized spacial score (nSPS) is 17.8. The third-order valence-corrected chi connectivity index (χ3v) is 3.32. The first-order valence-electron chi connectivity index (χ1n) is 6.43. The van der Waals surface area contributed by atoms with Gasteiger partial charge in [-0.3, -0.25) is 0 Å². The molecule has 0 aliphatic carbocycles. The van der Waals surface area contributed by atoms with E-state index in [4.69, 9.17) is 0 Å². The number of alkyl halides is 3. The van der Waals surface area contributed by atoms with Gasteiger partial charge in [0.25, 0.3) is 0 Å². The van der Waals surface area contributed by atoms with Gasteiger partial charge in [0.2, 0.25) is 5.60 Å². The first-order chi connectivity index (χ1) is 10.3. The summed E-state index contributed by atoms with van der Waals surface area (Å²) in [4.78, 5) is 23.8. The van der Waals surface area contributed by atoms with Crippen molar-refractivity contribution in [1.29, 1.82) is 0 Å². The van der Waals surface area contributed by atoms with Gasteiger partial charge in [-0.15, -0.1) is 0 Å². The van der Waals surface area contributed by atoms with Gasteiger partial charge in [-0.05, 0) is 5.56 Å². The molecule has 1 aliphatic rings. The highest BCUT2D eigenvalue weighted by atomic mass is 19.4. The van der Waals surface area contributed by atoms with E-state index in [1.807, 2.05) is 5.32 Å². The van der Waals surface area contributed by atoms with Crippen LogP contribution in [0.25, 0.3) is 0 Å². The fraction of sp³-hybridized carbons (Fsp3) is 0.385. The smallest absolute Gasteiger partial charge is 0.375 e. The number of carbonyl (C=O) groups is 2. The Morgan fingerprint density at radius 3 is 2.45 bits per heavy atom. The van der Waals surface area contributed by atoms with Crippen LogP contribution in [0.2, 0.25) is 0 Å². The Balaban J connectivity index is 2.15. The van der Waals surface area contributed by atoms with Crippen LogP contribution >= 0.6 is 0 Å². The van der Waals surface area contributed by atoms with Crippen LogP contribution in [0, 0.1) is 0 Å². The van der Waals surface area contributed by atoms with Gasteiger partial charge < -0.3 is 15.7 Å². The lowest BCUT2D eigenvalue weighted by atomic mass is 9.93. The highest BCUT2D eigenvalue weighted by Crippen LogP contribution is 2.38. The fourth-order valence-electron chi connectivity index (χ4n) is 2.04. The molecule has 0 unspecified atom stereocenters. The maximum Gasteiger partial charge on any atom is 0.423 e. The lowest BCUT2D eigenvalue weighted by molar-refractivity contribution is -0.263. The van der Waals surface area contributed by atoms with E-state index in [1.165, 1.54) is 18.2 Å². The molecule has 0 saturated carbocycles. The number of carbonyl (C=O) groups excluding carboxylic acids is 2. The molecule has 1 heterocycles. The van der Waals surface area contributed by atoms with Crippen LogP contribution in [0.1, 0.15) is 5.56 Å². The summed E-state index contributed by atoms with van der Waals surface area (Å²) in [6.07, 6.45) is -4.99. The monoisotopic (exact) mass is 317 g/mol. The van der Waals surface area contributed by atoms with Crippen molar-refractivity contribution >= 4 is 12.1 Å². The number of imide groups is 1. The van der Waals surface area contributed by atoms with Gasteiger partial charge in [-0.1, -0.05) is 30.3 Å². The molecule has 1 saturated heterocycles. The third kappa shape index (κ3) is 2.98. The first kappa shape index (κ1) is 16.1. The molecule has 120 valence electrons. The van der Waals surface area contributed by atoms with Gasteiger partial charge in [-0.2, -0.15) is 13.2 Å². The van der Waals surface area contributed by atoms with Gasteiger partial charge in [0.1, 0.15) is 0 Å². The van der Waals surface area contributed by atoms with E-state index in [2.05, 4.69) is 5.32 Å². The summed E-state index contributed by atoms with van der Waals surface area (Å²) in [5, 5.41) is 14.3. The molecule has 3 N–H and O–H groups in total. The second kappa shape index (κ2) is 5.84. The molecule has 0 aromatic heterocycles. The van der Waals surface area contributed by atoms with Gasteiger partial charge in [0.15, 0.2) is 0 Å². The van der Waals surface area contributed by atoms with Crippen LogP contribution in [0.5, 0.6) is 0 Å². The van der Waals surface area contributed by atoms with Gasteiger partial charge >= 0.3 is 18.2 Å². The predicted octanol–water partition coefficient (Wildman–Crippen LogP) is 1.17. The van der Waals surface area contributed by atoms with Crippen molar-refractivity contribution in [2.75, 3.05) is 19.6 Å². The summed E-state index contributed by atoms with van der Waals surface area (Å²) in [6, 6.07) is 4.75. The van der Waals surface area contributed by atoms with Crippen LogP contribution < -0.4 is 10.6 Å². The molecular formula is C13H14F3N3O3. The molecule has 22 heavy (non-hydrogen) atoms. The van der Waals surface area contributed by atoms with Crippen molar-refractivity contribution < 1.29 is 27.9 Å². The van der Waals surface area contributed by atoms with Crippen molar-refractivity contribution in [3.05, 3.63) is 35.9 Å². The number of hydrogen-bond acceptors (Lipinski definition) is 3. The molecule has 0 radical (unpaired) electrons. The van der Waals surface area contributed by atoms with E-state index < -0.39 is 35.9 Å². The largest absolute Gasteiger partial charge is 0.423 e. The number of urea groups is 2. The molecule has 0 spiro atoms. The number of amides is 4. The van der Waals surface area contributed by atoms with Crippen LogP contribution in [-0.2, 0) is 5.60 Å². The maximum absolute atomic E-state index is 13.2. The molecule has 0 bridgehead atoms. The molecule has 1 fully saturated rings. The lowest BCUT2D eigenvalue weighted by Crippen LogP contribution is -2.53. The van der Waals surface area contributed by atoms with Crippen molar-refractivity contribution in [3.63, 3.8) is 0 Å². The molecule has 1 aromatic carbocycles. The maximum atomic E-state index is 13.2. The predicted molar refractivity (Wildman–Crippen MR) is 69.9 cm³/mol. The Bertz CT molecular complexity index is 565. The molecule has 1 atom stereocenters. The summed E-state index contributed by atoms with van der Waals surface area (Å²) in [5.41, 5.74) is -3.63. The quantitative estimate of drug-likeness (QED) is 0.783. The van der Waals surface area contributed by atoms with Crippen molar-refractivity contribution in [2.24, 2.45) is 0 Å². The number of nitrogens with one attached hydrogen (secondary N) is 2. The van der Waals surface area contributed by atoms with Gasteiger partial charge in [-0.25, -0.2) is 14.5 Å². The van der Waals surface area contributed by atoms with E-state index >= 15 is 0 Å². The minimum absolute atomic E-state index is 0.0560. The number of halogens is 3. The Morgan fingerprint density at radius 1 is 1.32 bits per heavy atom. The van der Waals surface area contributed by atoms with E-state index in [0.717, 1.165) is 17.0 Å². The number of aliphatic hydroxyl groups is 1. The van der Waals surface area contributed by atoms with E-state index in [0.29, 0.717) is 0 Å². The molecule has 1 aliphatic heterocycles. The second-order valence-corrected chi connectivity index (χ2v) is 4.77. The SMILES string of the molecule is O=C1NCCN1C(=O)NC[C@@](O)(c1ccccc1)C(F)(F)F. The molecule has 6 nitrogen and oxygen atoms in total. The Kier molecular flexibility index (Phi) is 4.27. The van der Waals surface area contributed by atoms with Gasteiger partial charge in [0.05, 0.1) is 6.54 Å².